The highest BCUT2D eigenvalue weighted by Crippen LogP contribution is 2.66. The van der Waals surface area contributed by atoms with Gasteiger partial charge in [0.2, 0.25) is 0 Å². The van der Waals surface area contributed by atoms with E-state index in [4.69, 9.17) is 11.2 Å². The minimum absolute atomic E-state index is 0.435. The molecule has 4 saturated carbocycles. The minimum Gasteiger partial charge on any atom is -0.381 e. The van der Waals surface area contributed by atoms with E-state index in [2.05, 4.69) is 51.8 Å². The van der Waals surface area contributed by atoms with Gasteiger partial charge in [-0.25, -0.2) is 0 Å². The Hall–Kier alpha value is -1.00. The Balaban J connectivity index is 0.00000121. The van der Waals surface area contributed by atoms with Crippen molar-refractivity contribution in [3.8, 4) is 12.3 Å². The van der Waals surface area contributed by atoms with Gasteiger partial charge in [0.05, 0.1) is 6.61 Å². The van der Waals surface area contributed by atoms with Gasteiger partial charge in [0.25, 0.3) is 0 Å². The van der Waals surface area contributed by atoms with E-state index in [1.807, 2.05) is 34.6 Å². The van der Waals surface area contributed by atoms with Crippen LogP contribution in [0.4, 0.5) is 0 Å². The highest BCUT2D eigenvalue weighted by Gasteiger charge is 2.58. The number of hydrogen-bond acceptors (Lipinski definition) is 1. The maximum atomic E-state index is 5.91. The summed E-state index contributed by atoms with van der Waals surface area (Å²) in [6.45, 7) is 21.8. The minimum atomic E-state index is 0.435. The molecule has 38 heavy (non-hydrogen) atoms. The fraction of sp³-hybridized carbons (Fsp3) is 0.838. The zero-order valence-corrected chi connectivity index (χ0v) is 27.0. The Kier molecular flexibility index (Phi) is 13.7. The summed E-state index contributed by atoms with van der Waals surface area (Å²) >= 11 is 0. The van der Waals surface area contributed by atoms with Crippen molar-refractivity contribution in [2.75, 3.05) is 13.2 Å². The summed E-state index contributed by atoms with van der Waals surface area (Å²) in [5.74, 6) is 9.48. The molecule has 4 aliphatic carbocycles. The largest absolute Gasteiger partial charge is 0.381 e. The van der Waals surface area contributed by atoms with Crippen LogP contribution in [0.25, 0.3) is 0 Å². The predicted octanol–water partition coefficient (Wildman–Crippen LogP) is 10.9. The van der Waals surface area contributed by atoms with Crippen molar-refractivity contribution >= 4 is 0 Å². The van der Waals surface area contributed by atoms with E-state index >= 15 is 0 Å². The standard InChI is InChI=1S/C33H52O.2C2H6/c1-7-24(3)12-10-9-11-13-25(4)30-16-17-31-29-15-14-26-22-32(5,23-34-8-2)20-18-27(26)28(29)19-21-33(30,31)6;2*1-2/h1,9-10,12,25-31H,8,11,13-23H2,2-6H3;2*1-2H3/b10-9-,24-12+;;/t25?,26?,27?,28?,29?,30?,31?,32-,33?;;/m0../s1. The van der Waals surface area contributed by atoms with Crippen LogP contribution in [-0.4, -0.2) is 13.2 Å². The summed E-state index contributed by atoms with van der Waals surface area (Å²) in [4.78, 5) is 0. The third kappa shape index (κ3) is 7.59. The molecular weight excluding hydrogens is 460 g/mol. The molecule has 0 saturated heterocycles. The zero-order valence-electron chi connectivity index (χ0n) is 27.0. The molecule has 0 aromatic rings. The van der Waals surface area contributed by atoms with Gasteiger partial charge in [-0.05, 0) is 142 Å². The van der Waals surface area contributed by atoms with E-state index in [1.165, 1.54) is 70.6 Å². The summed E-state index contributed by atoms with van der Waals surface area (Å²) in [6.07, 6.45) is 27.8. The fourth-order valence-electron chi connectivity index (χ4n) is 9.56. The van der Waals surface area contributed by atoms with E-state index in [0.717, 1.165) is 60.2 Å². The maximum absolute atomic E-state index is 5.91. The van der Waals surface area contributed by atoms with E-state index in [-0.39, 0.29) is 0 Å². The molecule has 0 aromatic carbocycles. The lowest BCUT2D eigenvalue weighted by atomic mass is 9.48. The molecule has 0 N–H and O–H groups in total. The lowest BCUT2D eigenvalue weighted by Gasteiger charge is -2.58. The van der Waals surface area contributed by atoms with Gasteiger partial charge in [-0.2, -0.15) is 0 Å². The summed E-state index contributed by atoms with van der Waals surface area (Å²) in [5, 5.41) is 0. The second kappa shape index (κ2) is 15.7. The lowest BCUT2D eigenvalue weighted by Crippen LogP contribution is -2.50. The van der Waals surface area contributed by atoms with E-state index in [9.17, 15) is 0 Å². The van der Waals surface area contributed by atoms with Crippen LogP contribution in [0.2, 0.25) is 0 Å². The summed E-state index contributed by atoms with van der Waals surface area (Å²) in [7, 11) is 0. The summed E-state index contributed by atoms with van der Waals surface area (Å²) < 4.78 is 5.91. The molecule has 0 spiro atoms. The number of hydrogen-bond donors (Lipinski definition) is 0. The molecule has 1 nitrogen and oxygen atoms in total. The SMILES string of the molecule is C#C/C(C)=C/C=C\CCC(C)C1CCC2C3CCC4C[C@@](C)(COCC)CCC4C3CCC12C.CC.CC. The van der Waals surface area contributed by atoms with Gasteiger partial charge in [0.1, 0.15) is 0 Å². The summed E-state index contributed by atoms with van der Waals surface area (Å²) in [5.41, 5.74) is 2.04. The third-order valence-corrected chi connectivity index (χ3v) is 11.3. The van der Waals surface area contributed by atoms with Gasteiger partial charge >= 0.3 is 0 Å². The normalized spacial score (nSPS) is 38.9. The van der Waals surface area contributed by atoms with E-state index in [1.54, 1.807) is 0 Å². The monoisotopic (exact) mass is 524 g/mol. The molecule has 4 aliphatic rings. The topological polar surface area (TPSA) is 9.23 Å². The van der Waals surface area contributed by atoms with Crippen molar-refractivity contribution in [3.05, 3.63) is 23.8 Å². The van der Waals surface area contributed by atoms with Crippen LogP contribution in [-0.2, 0) is 4.74 Å². The summed E-state index contributed by atoms with van der Waals surface area (Å²) in [6, 6.07) is 0. The predicted molar refractivity (Wildman–Crippen MR) is 168 cm³/mol. The Morgan fingerprint density at radius 1 is 0.974 bits per heavy atom. The fourth-order valence-corrected chi connectivity index (χ4v) is 9.56. The molecule has 0 radical (unpaired) electrons. The number of terminal acetylenes is 1. The molecule has 218 valence electrons. The second-order valence-corrected chi connectivity index (χ2v) is 13.3. The highest BCUT2D eigenvalue weighted by atomic mass is 16.5. The lowest BCUT2D eigenvalue weighted by molar-refractivity contribution is -0.0922. The van der Waals surface area contributed by atoms with Crippen molar-refractivity contribution in [1.29, 1.82) is 0 Å². The van der Waals surface area contributed by atoms with Crippen molar-refractivity contribution < 1.29 is 4.74 Å². The van der Waals surface area contributed by atoms with Crippen LogP contribution in [0.15, 0.2) is 23.8 Å². The molecule has 4 rings (SSSR count). The first-order valence-corrected chi connectivity index (χ1v) is 16.7. The Labute approximate surface area is 239 Å². The van der Waals surface area contributed by atoms with Gasteiger partial charge in [-0.1, -0.05) is 72.6 Å². The molecular formula is C37H64O. The van der Waals surface area contributed by atoms with Crippen LogP contribution >= 0.6 is 0 Å². The first-order valence-electron chi connectivity index (χ1n) is 16.7. The van der Waals surface area contributed by atoms with E-state index in [0.29, 0.717) is 10.8 Å². The van der Waals surface area contributed by atoms with Crippen LogP contribution in [0.1, 0.15) is 133 Å². The van der Waals surface area contributed by atoms with Gasteiger partial charge in [-0.3, -0.25) is 0 Å². The Morgan fingerprint density at radius 2 is 1.68 bits per heavy atom. The van der Waals surface area contributed by atoms with Crippen molar-refractivity contribution in [2.24, 2.45) is 52.3 Å². The molecule has 0 aliphatic heterocycles. The van der Waals surface area contributed by atoms with Crippen LogP contribution in [0.3, 0.4) is 0 Å². The molecule has 0 bridgehead atoms. The van der Waals surface area contributed by atoms with Gasteiger partial charge in [0.15, 0.2) is 0 Å². The number of rotatable bonds is 8. The average molecular weight is 525 g/mol. The smallest absolute Gasteiger partial charge is 0.0519 e. The number of allylic oxidation sites excluding steroid dienone is 4. The van der Waals surface area contributed by atoms with Gasteiger partial charge in [-0.15, -0.1) is 6.42 Å². The van der Waals surface area contributed by atoms with Crippen molar-refractivity contribution in [2.45, 2.75) is 133 Å². The second-order valence-electron chi connectivity index (χ2n) is 13.3. The third-order valence-electron chi connectivity index (χ3n) is 11.3. The molecule has 8 unspecified atom stereocenters. The quantitative estimate of drug-likeness (QED) is 0.226. The first kappa shape index (κ1) is 33.2. The highest BCUT2D eigenvalue weighted by molar-refractivity contribution is 5.26. The zero-order chi connectivity index (χ0) is 28.3. The van der Waals surface area contributed by atoms with Crippen molar-refractivity contribution in [3.63, 3.8) is 0 Å². The van der Waals surface area contributed by atoms with Crippen molar-refractivity contribution in [1.82, 2.24) is 0 Å². The average Bonchev–Trinajstić information content (AvgIpc) is 3.30. The molecule has 0 heterocycles. The van der Waals surface area contributed by atoms with Crippen LogP contribution < -0.4 is 0 Å². The van der Waals surface area contributed by atoms with E-state index < -0.39 is 0 Å². The molecule has 1 heteroatoms. The van der Waals surface area contributed by atoms with Crippen LogP contribution in [0.5, 0.6) is 0 Å². The molecule has 4 fully saturated rings. The molecule has 9 atom stereocenters. The maximum Gasteiger partial charge on any atom is 0.0519 e. The Morgan fingerprint density at radius 3 is 2.37 bits per heavy atom. The Bertz CT molecular complexity index is 785. The van der Waals surface area contributed by atoms with Crippen LogP contribution in [0, 0.1) is 64.6 Å². The first-order chi connectivity index (χ1) is 18.3. The van der Waals surface area contributed by atoms with Gasteiger partial charge < -0.3 is 4.74 Å². The molecule has 0 amide bonds. The van der Waals surface area contributed by atoms with Gasteiger partial charge in [0, 0.05) is 6.61 Å². The molecule has 0 aromatic heterocycles. The number of fused-ring (bicyclic) bond motifs is 5. The number of ether oxygens (including phenoxy) is 1.